The minimum absolute atomic E-state index is 0.152. The van der Waals surface area contributed by atoms with E-state index in [1.165, 1.54) is 5.56 Å². The fourth-order valence-corrected chi connectivity index (χ4v) is 3.19. The Labute approximate surface area is 101 Å². The van der Waals surface area contributed by atoms with E-state index in [4.69, 9.17) is 5.11 Å². The average molecular weight is 231 g/mol. The molecule has 1 amide bonds. The number of fused-ring (bicyclic) bond motifs is 3. The zero-order valence-corrected chi connectivity index (χ0v) is 9.78. The number of benzene rings is 1. The van der Waals surface area contributed by atoms with Gasteiger partial charge in [0.25, 0.3) is 0 Å². The first-order valence-electron chi connectivity index (χ1n) is 6.34. The molecule has 2 N–H and O–H groups in total. The molecule has 2 atom stereocenters. The maximum atomic E-state index is 11.9. The largest absolute Gasteiger partial charge is 0.396 e. The number of amides is 1. The number of rotatable bonds is 2. The van der Waals surface area contributed by atoms with Crippen LogP contribution in [0, 0.1) is 5.92 Å². The minimum Gasteiger partial charge on any atom is -0.396 e. The lowest BCUT2D eigenvalue weighted by molar-refractivity contribution is -0.120. The van der Waals surface area contributed by atoms with E-state index in [1.54, 1.807) is 0 Å². The smallest absolute Gasteiger partial charge is 0.228 e. The second kappa shape index (κ2) is 4.15. The van der Waals surface area contributed by atoms with Gasteiger partial charge >= 0.3 is 0 Å². The van der Waals surface area contributed by atoms with Gasteiger partial charge in [-0.1, -0.05) is 18.6 Å². The number of carbonyl (C=O) groups excluding carboxylic acids is 1. The first kappa shape index (κ1) is 10.8. The molecule has 1 aliphatic heterocycles. The lowest BCUT2D eigenvalue weighted by Gasteiger charge is -2.28. The molecule has 90 valence electrons. The first-order valence-corrected chi connectivity index (χ1v) is 6.34. The van der Waals surface area contributed by atoms with Crippen molar-refractivity contribution in [3.63, 3.8) is 0 Å². The van der Waals surface area contributed by atoms with Crippen molar-refractivity contribution in [2.45, 2.75) is 31.6 Å². The highest BCUT2D eigenvalue weighted by Crippen LogP contribution is 2.46. The highest BCUT2D eigenvalue weighted by molar-refractivity contribution is 5.97. The maximum absolute atomic E-state index is 11.9. The predicted octanol–water partition coefficient (Wildman–Crippen LogP) is 2.06. The molecular formula is C14H17NO2. The topological polar surface area (TPSA) is 49.3 Å². The van der Waals surface area contributed by atoms with E-state index in [9.17, 15) is 4.79 Å². The van der Waals surface area contributed by atoms with Gasteiger partial charge in [-0.2, -0.15) is 0 Å². The zero-order chi connectivity index (χ0) is 11.8. The Bertz CT molecular complexity index is 456. The summed E-state index contributed by atoms with van der Waals surface area (Å²) in [5.41, 5.74) is 3.33. The Hall–Kier alpha value is -1.35. The van der Waals surface area contributed by atoms with Gasteiger partial charge < -0.3 is 10.4 Å². The monoisotopic (exact) mass is 231 g/mol. The first-order chi connectivity index (χ1) is 8.29. The van der Waals surface area contributed by atoms with E-state index in [1.807, 2.05) is 6.07 Å². The number of aliphatic hydroxyl groups excluding tert-OH is 1. The van der Waals surface area contributed by atoms with Crippen molar-refractivity contribution in [2.24, 2.45) is 5.92 Å². The number of hydrogen-bond acceptors (Lipinski definition) is 2. The molecule has 1 saturated carbocycles. The fourth-order valence-electron chi connectivity index (χ4n) is 3.19. The number of aliphatic hydroxyl groups is 1. The molecule has 1 aliphatic carbocycles. The Balaban J connectivity index is 1.98. The minimum atomic E-state index is 0.152. The lowest BCUT2D eigenvalue weighted by atomic mass is 9.83. The molecule has 1 aromatic carbocycles. The van der Waals surface area contributed by atoms with Crippen LogP contribution < -0.4 is 5.32 Å². The van der Waals surface area contributed by atoms with Crippen LogP contribution in [0.1, 0.15) is 36.3 Å². The van der Waals surface area contributed by atoms with Crippen molar-refractivity contribution in [2.75, 3.05) is 11.9 Å². The van der Waals surface area contributed by atoms with Gasteiger partial charge in [0.1, 0.15) is 0 Å². The predicted molar refractivity (Wildman–Crippen MR) is 65.9 cm³/mol. The van der Waals surface area contributed by atoms with Crippen LogP contribution in [-0.4, -0.2) is 17.6 Å². The molecule has 0 radical (unpaired) electrons. The molecule has 0 bridgehead atoms. The third-order valence-corrected chi connectivity index (χ3v) is 4.03. The van der Waals surface area contributed by atoms with Crippen LogP contribution in [0.2, 0.25) is 0 Å². The van der Waals surface area contributed by atoms with Crippen molar-refractivity contribution in [3.8, 4) is 0 Å². The number of hydrogen-bond donors (Lipinski definition) is 2. The Morgan fingerprint density at radius 1 is 1.29 bits per heavy atom. The van der Waals surface area contributed by atoms with Crippen LogP contribution in [0.15, 0.2) is 18.2 Å². The number of nitrogens with one attached hydrogen (secondary N) is 1. The van der Waals surface area contributed by atoms with Gasteiger partial charge in [0.15, 0.2) is 0 Å². The van der Waals surface area contributed by atoms with Crippen LogP contribution in [0.4, 0.5) is 5.69 Å². The highest BCUT2D eigenvalue weighted by atomic mass is 16.2. The van der Waals surface area contributed by atoms with Crippen molar-refractivity contribution < 1.29 is 9.90 Å². The van der Waals surface area contributed by atoms with Crippen molar-refractivity contribution in [1.82, 2.24) is 0 Å². The highest BCUT2D eigenvalue weighted by Gasteiger charge is 2.38. The van der Waals surface area contributed by atoms with Gasteiger partial charge in [-0.25, -0.2) is 0 Å². The van der Waals surface area contributed by atoms with Gasteiger partial charge in [0, 0.05) is 18.2 Å². The lowest BCUT2D eigenvalue weighted by Crippen LogP contribution is -2.30. The summed E-state index contributed by atoms with van der Waals surface area (Å²) < 4.78 is 0. The van der Waals surface area contributed by atoms with E-state index < -0.39 is 0 Å². The summed E-state index contributed by atoms with van der Waals surface area (Å²) in [5, 5.41) is 11.9. The summed E-state index contributed by atoms with van der Waals surface area (Å²) in [6.07, 6.45) is 3.95. The molecule has 0 spiro atoms. The maximum Gasteiger partial charge on any atom is 0.228 e. The molecule has 1 heterocycles. The standard InChI is InChI=1S/C14H17NO2/c16-7-6-9-4-5-11-10-2-1-3-12(10)14(17)15-13(11)8-9/h4-5,8,10,12,16H,1-3,6-7H2,(H,15,17). The van der Waals surface area contributed by atoms with Crippen LogP contribution >= 0.6 is 0 Å². The molecule has 1 aromatic rings. The van der Waals surface area contributed by atoms with Crippen molar-refractivity contribution >= 4 is 11.6 Å². The zero-order valence-electron chi connectivity index (χ0n) is 9.78. The van der Waals surface area contributed by atoms with Gasteiger partial charge in [-0.15, -0.1) is 0 Å². The van der Waals surface area contributed by atoms with E-state index in [0.717, 1.165) is 30.5 Å². The van der Waals surface area contributed by atoms with Crippen LogP contribution in [0.25, 0.3) is 0 Å². The molecule has 0 aromatic heterocycles. The Morgan fingerprint density at radius 3 is 2.94 bits per heavy atom. The summed E-state index contributed by atoms with van der Waals surface area (Å²) in [6, 6.07) is 6.21. The van der Waals surface area contributed by atoms with Crippen LogP contribution in [-0.2, 0) is 11.2 Å². The molecule has 17 heavy (non-hydrogen) atoms. The summed E-state index contributed by atoms with van der Waals surface area (Å²) in [4.78, 5) is 11.9. The van der Waals surface area contributed by atoms with E-state index in [-0.39, 0.29) is 18.4 Å². The molecule has 2 aliphatic rings. The van der Waals surface area contributed by atoms with Gasteiger partial charge in [0.05, 0.1) is 0 Å². The van der Waals surface area contributed by atoms with Gasteiger partial charge in [0.2, 0.25) is 5.91 Å². The van der Waals surface area contributed by atoms with E-state index >= 15 is 0 Å². The fraction of sp³-hybridized carbons (Fsp3) is 0.500. The second-order valence-corrected chi connectivity index (χ2v) is 5.03. The average Bonchev–Trinajstić information content (AvgIpc) is 2.79. The summed E-state index contributed by atoms with van der Waals surface area (Å²) >= 11 is 0. The molecule has 0 saturated heterocycles. The van der Waals surface area contributed by atoms with Gasteiger partial charge in [-0.05, 0) is 42.4 Å². The normalized spacial score (nSPS) is 26.3. The molecule has 2 unspecified atom stereocenters. The summed E-state index contributed by atoms with van der Waals surface area (Å²) in [7, 11) is 0. The quantitative estimate of drug-likeness (QED) is 0.818. The summed E-state index contributed by atoms with van der Waals surface area (Å²) in [6.45, 7) is 0.152. The SMILES string of the molecule is O=C1Nc2cc(CCO)ccc2C2CCCC12. The second-order valence-electron chi connectivity index (χ2n) is 5.03. The Kier molecular flexibility index (Phi) is 2.63. The third-order valence-electron chi connectivity index (χ3n) is 4.03. The van der Waals surface area contributed by atoms with E-state index in [2.05, 4.69) is 17.4 Å². The molecule has 3 rings (SSSR count). The molecule has 3 heteroatoms. The van der Waals surface area contributed by atoms with Crippen molar-refractivity contribution in [3.05, 3.63) is 29.3 Å². The van der Waals surface area contributed by atoms with E-state index in [0.29, 0.717) is 12.3 Å². The molecular weight excluding hydrogens is 214 g/mol. The molecule has 3 nitrogen and oxygen atoms in total. The number of anilines is 1. The Morgan fingerprint density at radius 2 is 2.12 bits per heavy atom. The molecule has 1 fully saturated rings. The van der Waals surface area contributed by atoms with Crippen LogP contribution in [0.5, 0.6) is 0 Å². The third kappa shape index (κ3) is 1.75. The van der Waals surface area contributed by atoms with Crippen LogP contribution in [0.3, 0.4) is 0 Å². The van der Waals surface area contributed by atoms with Crippen molar-refractivity contribution in [1.29, 1.82) is 0 Å². The number of carbonyl (C=O) groups is 1. The van der Waals surface area contributed by atoms with Gasteiger partial charge in [-0.3, -0.25) is 4.79 Å². The summed E-state index contributed by atoms with van der Waals surface area (Å²) in [5.74, 6) is 0.786.